The van der Waals surface area contributed by atoms with Gasteiger partial charge < -0.3 is 43.9 Å². The number of nitrogens with zero attached hydrogens (tertiary/aromatic N) is 14. The predicted molar refractivity (Wildman–Crippen MR) is 384 cm³/mol. The summed E-state index contributed by atoms with van der Waals surface area (Å²) < 4.78 is 6.08. The van der Waals surface area contributed by atoms with E-state index < -0.39 is 0 Å². The van der Waals surface area contributed by atoms with Crippen molar-refractivity contribution in [3.63, 3.8) is 0 Å². The summed E-state index contributed by atoms with van der Waals surface area (Å²) >= 11 is 0. The SMILES string of the molecule is C.C1=Cc2ccc(-c3cn4ccnc4c(Nc4ccc(N5CCCCC5)cc4)n3)cc2C1.C1=Cc2ncc(-c3cn4ccnc4c(Nc4ccc(N5CCCCC5)cc4)n3)cc2C1.C1=NCc2cc(-c3cn4ccnc4c(Nc4ccc(N5CCCCC5)cc4)n3)ccc21. The molecule has 6 aliphatic rings. The van der Waals surface area contributed by atoms with Crippen molar-refractivity contribution in [1.82, 2.24) is 48.1 Å². The van der Waals surface area contributed by atoms with Crippen LogP contribution in [0.4, 0.5) is 51.6 Å². The highest BCUT2D eigenvalue weighted by Crippen LogP contribution is 2.34. The highest BCUT2D eigenvalue weighted by Gasteiger charge is 2.19. The van der Waals surface area contributed by atoms with Crippen molar-refractivity contribution in [2.45, 2.75) is 84.6 Å². The second-order valence-electron chi connectivity index (χ2n) is 24.8. The minimum Gasteiger partial charge on any atom is -0.372 e. The lowest BCUT2D eigenvalue weighted by molar-refractivity contribution is 0.578. The largest absolute Gasteiger partial charge is 0.372 e. The number of aliphatic imine (C=N–C) groups is 1. The first kappa shape index (κ1) is 59.4. The van der Waals surface area contributed by atoms with E-state index in [9.17, 15) is 0 Å². The van der Waals surface area contributed by atoms with Crippen LogP contribution in [-0.2, 0) is 19.4 Å². The average molecular weight is 1240 g/mol. The standard InChI is InChI=1S/C26H25N5.2C25H24N6.CH4/c1-2-14-30(15-3-1)23-11-9-22(10-12-23)28-25-26-27-13-16-31(26)18-24(29-25)21-8-7-19-5-4-6-20(19)17-21;1-2-11-30(12-3-1)22-8-6-21(7-9-22)28-24-25-27-10-13-31(25)17-23(29-24)18-4-5-19-15-26-16-20(19)14-18;1-2-12-30(13-3-1)21-9-7-20(8-10-21)28-24-25-26-11-14-31(25)17-23(29-24)19-15-18-5-4-6-22(18)27-16-19;/h4-5,7-13,16-18H,1-3,6,14-15H2,(H,28,29);4-10,13-15,17H,1-3,11-12,16H2,(H,28,29);4,6-11,14-17H,1-3,5,12-13H2,(H,28,29);1H4. The van der Waals surface area contributed by atoms with Crippen LogP contribution in [0, 0.1) is 0 Å². The van der Waals surface area contributed by atoms with Crippen LogP contribution >= 0.6 is 0 Å². The van der Waals surface area contributed by atoms with Crippen molar-refractivity contribution >= 4 is 86.9 Å². The maximum atomic E-state index is 4.95. The first-order valence-electron chi connectivity index (χ1n) is 33.0. The van der Waals surface area contributed by atoms with Crippen molar-refractivity contribution in [2.24, 2.45) is 4.99 Å². The van der Waals surface area contributed by atoms with Crippen molar-refractivity contribution in [1.29, 1.82) is 0 Å². The Labute approximate surface area is 548 Å². The fourth-order valence-electron chi connectivity index (χ4n) is 13.6. The molecule has 0 radical (unpaired) electrons. The van der Waals surface area contributed by atoms with Crippen molar-refractivity contribution in [3.05, 3.63) is 223 Å². The van der Waals surface area contributed by atoms with E-state index in [0.717, 1.165) is 150 Å². The molecule has 12 aromatic rings. The molecule has 5 aromatic carbocycles. The van der Waals surface area contributed by atoms with E-state index in [2.05, 4.69) is 201 Å². The van der Waals surface area contributed by atoms with Gasteiger partial charge in [-0.1, -0.05) is 49.9 Å². The quantitative estimate of drug-likeness (QED) is 0.106. The summed E-state index contributed by atoms with van der Waals surface area (Å²) in [6.07, 6.45) is 43.5. The molecule has 0 saturated carbocycles. The van der Waals surface area contributed by atoms with Gasteiger partial charge in [0, 0.05) is 158 Å². The number of piperidine rings is 3. The Bertz CT molecular complexity index is 4270. The topological polar surface area (TPSA) is 162 Å². The summed E-state index contributed by atoms with van der Waals surface area (Å²) in [5, 5.41) is 10.5. The Balaban J connectivity index is 0.000000116. The zero-order chi connectivity index (χ0) is 61.9. The summed E-state index contributed by atoms with van der Waals surface area (Å²) in [5.41, 5.74) is 22.7. The lowest BCUT2D eigenvalue weighted by atomic mass is 10.0. The second kappa shape index (κ2) is 26.7. The van der Waals surface area contributed by atoms with Gasteiger partial charge in [0.05, 0.1) is 29.3 Å². The third kappa shape index (κ3) is 12.7. The predicted octanol–water partition coefficient (Wildman–Crippen LogP) is 16.5. The van der Waals surface area contributed by atoms with Crippen LogP contribution in [-0.4, -0.2) is 93.6 Å². The van der Waals surface area contributed by atoms with E-state index >= 15 is 0 Å². The molecule has 17 heteroatoms. The Morgan fingerprint density at radius 2 is 0.777 bits per heavy atom. The van der Waals surface area contributed by atoms with Crippen molar-refractivity contribution in [2.75, 3.05) is 69.9 Å². The maximum Gasteiger partial charge on any atom is 0.180 e. The molecule has 11 heterocycles. The normalized spacial score (nSPS) is 15.3. The molecule has 0 bridgehead atoms. The number of nitrogens with one attached hydrogen (secondary N) is 3. The van der Waals surface area contributed by atoms with E-state index in [4.69, 9.17) is 15.0 Å². The zero-order valence-electron chi connectivity index (χ0n) is 52.1. The number of aromatic nitrogens is 10. The molecule has 4 aliphatic heterocycles. The Morgan fingerprint density at radius 1 is 0.372 bits per heavy atom. The molecule has 7 aromatic heterocycles. The van der Waals surface area contributed by atoms with Gasteiger partial charge in [-0.3, -0.25) is 9.98 Å². The van der Waals surface area contributed by atoms with Gasteiger partial charge >= 0.3 is 0 Å². The Morgan fingerprint density at radius 3 is 1.24 bits per heavy atom. The monoisotopic (exact) mass is 1240 g/mol. The van der Waals surface area contributed by atoms with E-state index in [1.54, 1.807) is 6.20 Å². The van der Waals surface area contributed by atoms with Crippen molar-refractivity contribution in [3.8, 4) is 33.8 Å². The zero-order valence-corrected chi connectivity index (χ0v) is 52.1. The Hall–Kier alpha value is -10.9. The van der Waals surface area contributed by atoms with Crippen LogP contribution in [0.3, 0.4) is 0 Å². The number of hydrogen-bond acceptors (Lipinski definition) is 14. The number of benzene rings is 5. The number of allylic oxidation sites excluding steroid dienone is 2. The van der Waals surface area contributed by atoms with Crippen LogP contribution in [0.2, 0.25) is 0 Å². The number of rotatable bonds is 12. The third-order valence-corrected chi connectivity index (χ3v) is 18.6. The molecule has 470 valence electrons. The number of imidazole rings is 3. The molecule has 3 N–H and O–H groups in total. The summed E-state index contributed by atoms with van der Waals surface area (Å²) in [4.78, 5) is 44.7. The van der Waals surface area contributed by atoms with Crippen LogP contribution in [0.25, 0.3) is 62.9 Å². The summed E-state index contributed by atoms with van der Waals surface area (Å²) in [6.45, 7) is 7.65. The molecule has 17 nitrogen and oxygen atoms in total. The average Bonchev–Trinajstić information content (AvgIpc) is 1.57. The van der Waals surface area contributed by atoms with Gasteiger partial charge in [0.1, 0.15) is 0 Å². The van der Waals surface area contributed by atoms with Gasteiger partial charge in [-0.2, -0.15) is 0 Å². The molecular formula is C77H77N17. The molecule has 18 rings (SSSR count). The van der Waals surface area contributed by atoms with Gasteiger partial charge in [0.2, 0.25) is 0 Å². The van der Waals surface area contributed by atoms with Gasteiger partial charge in [-0.05, 0) is 196 Å². The van der Waals surface area contributed by atoms with Gasteiger partial charge in [0.15, 0.2) is 34.4 Å². The highest BCUT2D eigenvalue weighted by molar-refractivity contribution is 5.86. The fourth-order valence-corrected chi connectivity index (χ4v) is 13.6. The van der Waals surface area contributed by atoms with Crippen LogP contribution in [0.15, 0.2) is 194 Å². The lowest BCUT2D eigenvalue weighted by Crippen LogP contribution is -2.29. The highest BCUT2D eigenvalue weighted by atomic mass is 15.2. The summed E-state index contributed by atoms with van der Waals surface area (Å²) in [5.74, 6) is 2.27. The first-order valence-corrected chi connectivity index (χ1v) is 33.0. The smallest absolute Gasteiger partial charge is 0.180 e. The second-order valence-corrected chi connectivity index (χ2v) is 24.8. The van der Waals surface area contributed by atoms with Crippen molar-refractivity contribution < 1.29 is 0 Å². The van der Waals surface area contributed by atoms with E-state index in [1.807, 2.05) is 69.0 Å². The first-order chi connectivity index (χ1) is 46.0. The number of fused-ring (bicyclic) bond motifs is 6. The number of anilines is 9. The molecule has 94 heavy (non-hydrogen) atoms. The minimum absolute atomic E-state index is 0. The number of pyridine rings is 1. The Kier molecular flexibility index (Phi) is 16.9. The summed E-state index contributed by atoms with van der Waals surface area (Å²) in [7, 11) is 0. The molecule has 0 atom stereocenters. The van der Waals surface area contributed by atoms with Gasteiger partial charge in [0.25, 0.3) is 0 Å². The molecule has 3 fully saturated rings. The van der Waals surface area contributed by atoms with Crippen LogP contribution in [0.5, 0.6) is 0 Å². The van der Waals surface area contributed by atoms with Gasteiger partial charge in [-0.15, -0.1) is 0 Å². The molecule has 0 unspecified atom stereocenters. The third-order valence-electron chi connectivity index (χ3n) is 18.6. The molecule has 3 saturated heterocycles. The molecule has 2 aliphatic carbocycles. The van der Waals surface area contributed by atoms with E-state index in [0.29, 0.717) is 0 Å². The molecule has 0 amide bonds. The molecule has 0 spiro atoms. The number of hydrogen-bond donors (Lipinski definition) is 3. The lowest BCUT2D eigenvalue weighted by Gasteiger charge is -2.28. The van der Waals surface area contributed by atoms with Crippen LogP contribution in [0.1, 0.15) is 98.7 Å². The maximum absolute atomic E-state index is 4.95. The van der Waals surface area contributed by atoms with E-state index in [1.165, 1.54) is 103 Å². The van der Waals surface area contributed by atoms with E-state index in [-0.39, 0.29) is 7.43 Å². The molecular weight excluding hydrogens is 1160 g/mol. The van der Waals surface area contributed by atoms with Gasteiger partial charge in [-0.25, -0.2) is 29.9 Å². The fraction of sp³-hybridized carbons (Fsp3) is 0.247. The van der Waals surface area contributed by atoms with Crippen LogP contribution < -0.4 is 30.7 Å². The minimum atomic E-state index is 0. The summed E-state index contributed by atoms with van der Waals surface area (Å²) in [6, 6.07) is 41.1.